The molecule has 1 aromatic rings. The maximum absolute atomic E-state index is 10.5. The number of likely N-dealkylation sites (N-methyl/N-ethyl adjacent to an activating group) is 1. The van der Waals surface area contributed by atoms with Gasteiger partial charge in [0.15, 0.2) is 0 Å². The molecule has 0 unspecified atom stereocenters. The molecule has 0 heterocycles. The number of carbonyl (C=O) groups is 1. The molecule has 0 spiro atoms. The lowest BCUT2D eigenvalue weighted by Crippen LogP contribution is -2.21. The SMILES string of the molecule is Cc1ccc(C(C)(C)C)cc1N(C)CC=O. The quantitative estimate of drug-likeness (QED) is 0.728. The van der Waals surface area contributed by atoms with Gasteiger partial charge in [-0.1, -0.05) is 32.9 Å². The van der Waals surface area contributed by atoms with Crippen molar-refractivity contribution in [2.24, 2.45) is 0 Å². The van der Waals surface area contributed by atoms with Gasteiger partial charge in [-0.3, -0.25) is 0 Å². The van der Waals surface area contributed by atoms with Crippen molar-refractivity contribution in [2.75, 3.05) is 18.5 Å². The molecule has 0 aliphatic rings. The van der Waals surface area contributed by atoms with E-state index in [9.17, 15) is 4.79 Å². The molecule has 0 aromatic heterocycles. The summed E-state index contributed by atoms with van der Waals surface area (Å²) in [5.74, 6) is 0. The molecular formula is C14H21NO. The van der Waals surface area contributed by atoms with E-state index in [-0.39, 0.29) is 5.41 Å². The molecule has 1 aromatic carbocycles. The van der Waals surface area contributed by atoms with E-state index < -0.39 is 0 Å². The van der Waals surface area contributed by atoms with Gasteiger partial charge in [0.25, 0.3) is 0 Å². The van der Waals surface area contributed by atoms with Crippen molar-refractivity contribution in [1.29, 1.82) is 0 Å². The maximum atomic E-state index is 10.5. The zero-order chi connectivity index (χ0) is 12.3. The Balaban J connectivity index is 3.13. The van der Waals surface area contributed by atoms with E-state index in [0.717, 1.165) is 12.0 Å². The molecule has 0 saturated carbocycles. The summed E-state index contributed by atoms with van der Waals surface area (Å²) in [5, 5.41) is 0. The van der Waals surface area contributed by atoms with Gasteiger partial charge in [0.2, 0.25) is 0 Å². The van der Waals surface area contributed by atoms with Crippen LogP contribution in [-0.2, 0) is 10.2 Å². The molecule has 0 fully saturated rings. The van der Waals surface area contributed by atoms with Gasteiger partial charge in [-0.25, -0.2) is 0 Å². The molecule has 0 aliphatic heterocycles. The standard InChI is InChI=1S/C14H21NO/c1-11-6-7-12(14(2,3)4)10-13(11)15(5)8-9-16/h6-7,9-10H,8H2,1-5H3. The van der Waals surface area contributed by atoms with Crippen molar-refractivity contribution in [2.45, 2.75) is 33.1 Å². The van der Waals surface area contributed by atoms with Gasteiger partial charge in [-0.05, 0) is 29.5 Å². The highest BCUT2D eigenvalue weighted by atomic mass is 16.1. The topological polar surface area (TPSA) is 20.3 Å². The number of anilines is 1. The molecule has 88 valence electrons. The minimum Gasteiger partial charge on any atom is -0.367 e. The number of nitrogens with zero attached hydrogens (tertiary/aromatic N) is 1. The van der Waals surface area contributed by atoms with E-state index in [1.807, 2.05) is 11.9 Å². The molecule has 0 atom stereocenters. The van der Waals surface area contributed by atoms with Crippen LogP contribution < -0.4 is 4.90 Å². The number of hydrogen-bond acceptors (Lipinski definition) is 2. The second-order valence-corrected chi connectivity index (χ2v) is 5.30. The van der Waals surface area contributed by atoms with Crippen LogP contribution in [0.3, 0.4) is 0 Å². The Labute approximate surface area is 98.3 Å². The lowest BCUT2D eigenvalue weighted by molar-refractivity contribution is -0.106. The maximum Gasteiger partial charge on any atom is 0.139 e. The minimum absolute atomic E-state index is 0.143. The largest absolute Gasteiger partial charge is 0.367 e. The lowest BCUT2D eigenvalue weighted by atomic mass is 9.86. The Hall–Kier alpha value is -1.31. The van der Waals surface area contributed by atoms with Gasteiger partial charge in [0, 0.05) is 12.7 Å². The Morgan fingerprint density at radius 1 is 1.31 bits per heavy atom. The smallest absolute Gasteiger partial charge is 0.139 e. The van der Waals surface area contributed by atoms with Crippen LogP contribution >= 0.6 is 0 Å². The summed E-state index contributed by atoms with van der Waals surface area (Å²) in [6.45, 7) is 9.10. The van der Waals surface area contributed by atoms with E-state index in [4.69, 9.17) is 0 Å². The zero-order valence-electron chi connectivity index (χ0n) is 10.9. The van der Waals surface area contributed by atoms with Crippen molar-refractivity contribution in [3.05, 3.63) is 29.3 Å². The highest BCUT2D eigenvalue weighted by Crippen LogP contribution is 2.28. The molecule has 2 nitrogen and oxygen atoms in total. The predicted molar refractivity (Wildman–Crippen MR) is 69.2 cm³/mol. The summed E-state index contributed by atoms with van der Waals surface area (Å²) >= 11 is 0. The first-order valence-corrected chi connectivity index (χ1v) is 5.62. The second kappa shape index (κ2) is 4.69. The highest BCUT2D eigenvalue weighted by Gasteiger charge is 2.15. The fraction of sp³-hybridized carbons (Fsp3) is 0.500. The van der Waals surface area contributed by atoms with E-state index in [0.29, 0.717) is 6.54 Å². The Kier molecular flexibility index (Phi) is 3.74. The summed E-state index contributed by atoms with van der Waals surface area (Å²) in [4.78, 5) is 12.5. The van der Waals surface area contributed by atoms with Crippen molar-refractivity contribution < 1.29 is 4.79 Å². The van der Waals surface area contributed by atoms with Crippen LogP contribution in [0.5, 0.6) is 0 Å². The van der Waals surface area contributed by atoms with Crippen molar-refractivity contribution >= 4 is 12.0 Å². The number of rotatable bonds is 3. The predicted octanol–water partition coefficient (Wildman–Crippen LogP) is 2.93. The van der Waals surface area contributed by atoms with E-state index in [2.05, 4.69) is 45.9 Å². The van der Waals surface area contributed by atoms with Crippen LogP contribution in [0.25, 0.3) is 0 Å². The molecule has 0 amide bonds. The van der Waals surface area contributed by atoms with Gasteiger partial charge >= 0.3 is 0 Å². The van der Waals surface area contributed by atoms with Crippen LogP contribution in [0, 0.1) is 6.92 Å². The normalized spacial score (nSPS) is 11.3. The van der Waals surface area contributed by atoms with E-state index >= 15 is 0 Å². The fourth-order valence-electron chi connectivity index (χ4n) is 1.70. The van der Waals surface area contributed by atoms with E-state index in [1.54, 1.807) is 0 Å². The molecule has 2 heteroatoms. The second-order valence-electron chi connectivity index (χ2n) is 5.30. The molecule has 0 saturated heterocycles. The number of carbonyl (C=O) groups excluding carboxylic acids is 1. The van der Waals surface area contributed by atoms with Gasteiger partial charge < -0.3 is 9.69 Å². The first-order chi connectivity index (χ1) is 7.36. The Bertz CT molecular complexity index is 377. The molecule has 0 N–H and O–H groups in total. The van der Waals surface area contributed by atoms with Crippen LogP contribution in [0.4, 0.5) is 5.69 Å². The van der Waals surface area contributed by atoms with Crippen LogP contribution in [0.2, 0.25) is 0 Å². The Morgan fingerprint density at radius 2 is 1.94 bits per heavy atom. The zero-order valence-corrected chi connectivity index (χ0v) is 10.9. The molecule has 0 bridgehead atoms. The van der Waals surface area contributed by atoms with Crippen LogP contribution in [0.1, 0.15) is 31.9 Å². The molecule has 16 heavy (non-hydrogen) atoms. The van der Waals surface area contributed by atoms with Crippen molar-refractivity contribution in [1.82, 2.24) is 0 Å². The van der Waals surface area contributed by atoms with Gasteiger partial charge in [0.05, 0.1) is 6.54 Å². The third-order valence-electron chi connectivity index (χ3n) is 2.83. The van der Waals surface area contributed by atoms with Gasteiger partial charge in [-0.15, -0.1) is 0 Å². The number of aldehydes is 1. The molecule has 0 aliphatic carbocycles. The average Bonchev–Trinajstić information content (AvgIpc) is 2.16. The summed E-state index contributed by atoms with van der Waals surface area (Å²) in [6, 6.07) is 6.46. The number of benzene rings is 1. The molecule has 1 rings (SSSR count). The summed E-state index contributed by atoms with van der Waals surface area (Å²) in [5.41, 5.74) is 3.78. The average molecular weight is 219 g/mol. The van der Waals surface area contributed by atoms with Crippen molar-refractivity contribution in [3.8, 4) is 0 Å². The van der Waals surface area contributed by atoms with Crippen LogP contribution in [0.15, 0.2) is 18.2 Å². The van der Waals surface area contributed by atoms with Crippen molar-refractivity contribution in [3.63, 3.8) is 0 Å². The third kappa shape index (κ3) is 2.84. The lowest BCUT2D eigenvalue weighted by Gasteiger charge is -2.24. The fourth-order valence-corrected chi connectivity index (χ4v) is 1.70. The first kappa shape index (κ1) is 12.8. The molecule has 0 radical (unpaired) electrons. The first-order valence-electron chi connectivity index (χ1n) is 5.62. The third-order valence-corrected chi connectivity index (χ3v) is 2.83. The van der Waals surface area contributed by atoms with Crippen LogP contribution in [-0.4, -0.2) is 19.9 Å². The monoisotopic (exact) mass is 219 g/mol. The number of hydrogen-bond donors (Lipinski definition) is 0. The minimum atomic E-state index is 0.143. The summed E-state index contributed by atoms with van der Waals surface area (Å²) in [7, 11) is 1.95. The summed E-state index contributed by atoms with van der Waals surface area (Å²) < 4.78 is 0. The number of aryl methyl sites for hydroxylation is 1. The molecular weight excluding hydrogens is 198 g/mol. The van der Waals surface area contributed by atoms with Gasteiger partial charge in [0.1, 0.15) is 6.29 Å². The Morgan fingerprint density at radius 3 is 2.44 bits per heavy atom. The summed E-state index contributed by atoms with van der Waals surface area (Å²) in [6.07, 6.45) is 0.934. The van der Waals surface area contributed by atoms with Gasteiger partial charge in [-0.2, -0.15) is 0 Å². The van der Waals surface area contributed by atoms with E-state index in [1.165, 1.54) is 11.1 Å². The highest BCUT2D eigenvalue weighted by molar-refractivity contribution is 5.63.